The highest BCUT2D eigenvalue weighted by Gasteiger charge is 2.22. The summed E-state index contributed by atoms with van der Waals surface area (Å²) < 4.78 is 19.6. The van der Waals surface area contributed by atoms with Gasteiger partial charge in [-0.1, -0.05) is 24.3 Å². The van der Waals surface area contributed by atoms with Gasteiger partial charge in [-0.25, -0.2) is 4.39 Å². The van der Waals surface area contributed by atoms with Crippen LogP contribution < -0.4 is 10.1 Å². The lowest BCUT2D eigenvalue weighted by Gasteiger charge is -2.12. The zero-order chi connectivity index (χ0) is 14.7. The number of hydrogen-bond acceptors (Lipinski definition) is 3. The van der Waals surface area contributed by atoms with Gasteiger partial charge < -0.3 is 10.1 Å². The predicted octanol–water partition coefficient (Wildman–Crippen LogP) is 3.64. The quantitative estimate of drug-likeness (QED) is 0.911. The lowest BCUT2D eigenvalue weighted by Crippen LogP contribution is -2.14. The molecule has 1 unspecified atom stereocenters. The van der Waals surface area contributed by atoms with Gasteiger partial charge >= 0.3 is 0 Å². The molecule has 1 aliphatic rings. The van der Waals surface area contributed by atoms with Gasteiger partial charge in [0.1, 0.15) is 6.61 Å². The number of fused-ring (bicyclic) bond motifs is 1. The molecule has 0 aromatic heterocycles. The van der Waals surface area contributed by atoms with Gasteiger partial charge in [0.2, 0.25) is 0 Å². The second-order valence-electron chi connectivity index (χ2n) is 5.16. The molecule has 0 aliphatic carbocycles. The third-order valence-electron chi connectivity index (χ3n) is 3.52. The second kappa shape index (κ2) is 6.50. The lowest BCUT2D eigenvalue weighted by atomic mass is 10.1. The Hall–Kier alpha value is -1.52. The van der Waals surface area contributed by atoms with E-state index in [-0.39, 0.29) is 5.82 Å². The largest absolute Gasteiger partial charge is 0.489 e. The molecule has 1 atom stereocenters. The minimum atomic E-state index is -0.289. The van der Waals surface area contributed by atoms with Crippen LogP contribution >= 0.6 is 11.8 Å². The van der Waals surface area contributed by atoms with E-state index < -0.39 is 0 Å². The SMILES string of the molecule is CNCc1ccc(OCC2Cc3ccccc3S2)c(F)c1. The molecule has 110 valence electrons. The lowest BCUT2D eigenvalue weighted by molar-refractivity contribution is 0.301. The average molecular weight is 303 g/mol. The fraction of sp³-hybridized carbons (Fsp3) is 0.294. The molecule has 0 bridgehead atoms. The average Bonchev–Trinajstić information content (AvgIpc) is 2.89. The van der Waals surface area contributed by atoms with Crippen molar-refractivity contribution >= 4 is 11.8 Å². The third-order valence-corrected chi connectivity index (χ3v) is 4.80. The van der Waals surface area contributed by atoms with Crippen LogP contribution in [0.25, 0.3) is 0 Å². The van der Waals surface area contributed by atoms with E-state index in [1.54, 1.807) is 6.07 Å². The highest BCUT2D eigenvalue weighted by Crippen LogP contribution is 2.37. The summed E-state index contributed by atoms with van der Waals surface area (Å²) in [6.07, 6.45) is 0.986. The Morgan fingerprint density at radius 3 is 2.90 bits per heavy atom. The van der Waals surface area contributed by atoms with Crippen LogP contribution in [0.15, 0.2) is 47.4 Å². The van der Waals surface area contributed by atoms with Gasteiger partial charge in [-0.3, -0.25) is 0 Å². The summed E-state index contributed by atoms with van der Waals surface area (Å²) in [5, 5.41) is 3.37. The van der Waals surface area contributed by atoms with Crippen LogP contribution in [-0.4, -0.2) is 18.9 Å². The minimum absolute atomic E-state index is 0.289. The maximum absolute atomic E-state index is 14.0. The van der Waals surface area contributed by atoms with Crippen LogP contribution in [0.3, 0.4) is 0 Å². The number of thioether (sulfide) groups is 1. The highest BCUT2D eigenvalue weighted by molar-refractivity contribution is 8.00. The van der Waals surface area contributed by atoms with Gasteiger partial charge in [0.15, 0.2) is 11.6 Å². The second-order valence-corrected chi connectivity index (χ2v) is 6.50. The van der Waals surface area contributed by atoms with Crippen molar-refractivity contribution < 1.29 is 9.13 Å². The van der Waals surface area contributed by atoms with Crippen LogP contribution in [0.4, 0.5) is 4.39 Å². The molecule has 0 radical (unpaired) electrons. The molecule has 2 nitrogen and oxygen atoms in total. The molecule has 1 aliphatic heterocycles. The molecule has 21 heavy (non-hydrogen) atoms. The number of ether oxygens (including phenoxy) is 1. The summed E-state index contributed by atoms with van der Waals surface area (Å²) in [5.41, 5.74) is 2.28. The van der Waals surface area contributed by atoms with Crippen molar-refractivity contribution in [1.82, 2.24) is 5.32 Å². The maximum Gasteiger partial charge on any atom is 0.165 e. The molecule has 0 fully saturated rings. The van der Waals surface area contributed by atoms with Gasteiger partial charge in [-0.05, 0) is 42.8 Å². The first-order chi connectivity index (χ1) is 10.3. The first-order valence-electron chi connectivity index (χ1n) is 7.06. The Bertz CT molecular complexity index is 607. The van der Waals surface area contributed by atoms with Gasteiger partial charge in [0, 0.05) is 16.7 Å². The molecule has 1 heterocycles. The Kier molecular flexibility index (Phi) is 4.46. The molecule has 4 heteroatoms. The van der Waals surface area contributed by atoms with Gasteiger partial charge in [0.25, 0.3) is 0 Å². The van der Waals surface area contributed by atoms with Crippen LogP contribution in [0.5, 0.6) is 5.75 Å². The Morgan fingerprint density at radius 2 is 2.14 bits per heavy atom. The van der Waals surface area contributed by atoms with Crippen molar-refractivity contribution in [1.29, 1.82) is 0 Å². The van der Waals surface area contributed by atoms with Gasteiger partial charge in [-0.15, -0.1) is 11.8 Å². The molecule has 2 aromatic carbocycles. The number of hydrogen-bond donors (Lipinski definition) is 1. The normalized spacial score (nSPS) is 16.8. The molecule has 0 spiro atoms. The molecule has 0 saturated carbocycles. The molecular formula is C17H18FNOS. The van der Waals surface area contributed by atoms with E-state index in [1.807, 2.05) is 24.9 Å². The van der Waals surface area contributed by atoms with E-state index >= 15 is 0 Å². The predicted molar refractivity (Wildman–Crippen MR) is 84.4 cm³/mol. The van der Waals surface area contributed by atoms with E-state index in [1.165, 1.54) is 16.5 Å². The van der Waals surface area contributed by atoms with Crippen molar-refractivity contribution in [3.05, 3.63) is 59.4 Å². The monoisotopic (exact) mass is 303 g/mol. The summed E-state index contributed by atoms with van der Waals surface area (Å²) >= 11 is 1.82. The van der Waals surface area contributed by atoms with Crippen molar-refractivity contribution in [3.8, 4) is 5.75 Å². The molecule has 3 rings (SSSR count). The maximum atomic E-state index is 14.0. The molecular weight excluding hydrogens is 285 g/mol. The molecule has 1 N–H and O–H groups in total. The molecule has 2 aromatic rings. The highest BCUT2D eigenvalue weighted by atomic mass is 32.2. The Morgan fingerprint density at radius 1 is 1.29 bits per heavy atom. The van der Waals surface area contributed by atoms with E-state index in [0.717, 1.165) is 12.0 Å². The number of benzene rings is 2. The zero-order valence-electron chi connectivity index (χ0n) is 11.9. The topological polar surface area (TPSA) is 21.3 Å². The molecule has 0 saturated heterocycles. The van der Waals surface area contributed by atoms with Crippen LogP contribution in [0.1, 0.15) is 11.1 Å². The number of nitrogens with one attached hydrogen (secondary N) is 1. The van der Waals surface area contributed by atoms with Crippen LogP contribution in [0, 0.1) is 5.82 Å². The van der Waals surface area contributed by atoms with Crippen LogP contribution in [0.2, 0.25) is 0 Å². The smallest absolute Gasteiger partial charge is 0.165 e. The van der Waals surface area contributed by atoms with Gasteiger partial charge in [-0.2, -0.15) is 0 Å². The first-order valence-corrected chi connectivity index (χ1v) is 7.94. The van der Waals surface area contributed by atoms with E-state index in [2.05, 4.69) is 29.6 Å². The van der Waals surface area contributed by atoms with Crippen molar-refractivity contribution in [2.45, 2.75) is 23.1 Å². The Labute approximate surface area is 128 Å². The zero-order valence-corrected chi connectivity index (χ0v) is 12.8. The fourth-order valence-electron chi connectivity index (χ4n) is 2.51. The van der Waals surface area contributed by atoms with E-state index in [0.29, 0.717) is 24.2 Å². The van der Waals surface area contributed by atoms with Crippen molar-refractivity contribution in [3.63, 3.8) is 0 Å². The molecule has 0 amide bonds. The first kappa shape index (κ1) is 14.4. The summed E-state index contributed by atoms with van der Waals surface area (Å²) in [6.45, 7) is 1.19. The summed E-state index contributed by atoms with van der Waals surface area (Å²) in [7, 11) is 1.84. The number of rotatable bonds is 5. The van der Waals surface area contributed by atoms with Crippen molar-refractivity contribution in [2.24, 2.45) is 0 Å². The fourth-order valence-corrected chi connectivity index (χ4v) is 3.72. The summed E-state index contributed by atoms with van der Waals surface area (Å²) in [4.78, 5) is 1.32. The van der Waals surface area contributed by atoms with E-state index in [4.69, 9.17) is 4.74 Å². The Balaban J connectivity index is 1.59. The van der Waals surface area contributed by atoms with Crippen molar-refractivity contribution in [2.75, 3.05) is 13.7 Å². The standard InChI is InChI=1S/C17H18FNOS/c1-19-10-12-6-7-16(15(18)8-12)20-11-14-9-13-4-2-3-5-17(13)21-14/h2-8,14,19H,9-11H2,1H3. The van der Waals surface area contributed by atoms with Gasteiger partial charge in [0.05, 0.1) is 0 Å². The van der Waals surface area contributed by atoms with E-state index in [9.17, 15) is 4.39 Å². The number of halogens is 1. The summed E-state index contributed by atoms with van der Waals surface area (Å²) in [5.74, 6) is 0.0506. The third kappa shape index (κ3) is 3.39. The minimum Gasteiger partial charge on any atom is -0.489 e. The van der Waals surface area contributed by atoms with Crippen LogP contribution in [-0.2, 0) is 13.0 Å². The summed E-state index contributed by atoms with van der Waals surface area (Å²) in [6, 6.07) is 13.5.